The van der Waals surface area contributed by atoms with Crippen molar-refractivity contribution in [1.82, 2.24) is 15.2 Å². The second kappa shape index (κ2) is 6.21. The molecule has 0 spiro atoms. The van der Waals surface area contributed by atoms with Crippen LogP contribution in [-0.4, -0.2) is 42.5 Å². The van der Waals surface area contributed by atoms with Gasteiger partial charge in [-0.15, -0.1) is 0 Å². The highest BCUT2D eigenvalue weighted by molar-refractivity contribution is 9.10. The minimum atomic E-state index is -0.0665. The molecule has 0 aliphatic rings. The Labute approximate surface area is 111 Å². The quantitative estimate of drug-likeness (QED) is 0.875. The summed E-state index contributed by atoms with van der Waals surface area (Å²) in [5.74, 6) is 0.434. The summed E-state index contributed by atoms with van der Waals surface area (Å²) in [6, 6.07) is 2.12. The lowest BCUT2D eigenvalue weighted by Gasteiger charge is -2.27. The molecular formula is C12H20BrN3O. The molecule has 0 aliphatic heterocycles. The lowest BCUT2D eigenvalue weighted by Crippen LogP contribution is -2.43. The zero-order valence-corrected chi connectivity index (χ0v) is 12.3. The fourth-order valence-corrected chi connectivity index (χ4v) is 2.15. The van der Waals surface area contributed by atoms with E-state index >= 15 is 0 Å². The number of halogens is 1. The number of amides is 1. The predicted molar refractivity (Wildman–Crippen MR) is 73.1 cm³/mol. The molecule has 0 aliphatic carbocycles. The highest BCUT2D eigenvalue weighted by Gasteiger charge is 2.17. The smallest absolute Gasteiger partial charge is 0.267 e. The first-order valence-electron chi connectivity index (χ1n) is 5.70. The third-order valence-corrected chi connectivity index (χ3v) is 3.25. The highest BCUT2D eigenvalue weighted by Crippen LogP contribution is 2.11. The SMILES string of the molecule is CC(C)C(CNC(=O)c1cc(Br)c[nH]1)N(C)C. The normalized spacial score (nSPS) is 13.1. The maximum atomic E-state index is 11.8. The minimum Gasteiger partial charge on any atom is -0.356 e. The molecule has 2 N–H and O–H groups in total. The lowest BCUT2D eigenvalue weighted by atomic mass is 10.0. The predicted octanol–water partition coefficient (Wildman–Crippen LogP) is 2.09. The van der Waals surface area contributed by atoms with Gasteiger partial charge in [-0.3, -0.25) is 4.79 Å². The minimum absolute atomic E-state index is 0.0665. The average molecular weight is 302 g/mol. The fraction of sp³-hybridized carbons (Fsp3) is 0.583. The first-order valence-corrected chi connectivity index (χ1v) is 6.49. The van der Waals surface area contributed by atoms with Crippen LogP contribution in [0.15, 0.2) is 16.7 Å². The first kappa shape index (κ1) is 14.3. The summed E-state index contributed by atoms with van der Waals surface area (Å²) >= 11 is 3.31. The first-order chi connectivity index (χ1) is 7.91. The van der Waals surface area contributed by atoms with Gasteiger partial charge < -0.3 is 15.2 Å². The van der Waals surface area contributed by atoms with Crippen molar-refractivity contribution < 1.29 is 4.79 Å². The summed E-state index contributed by atoms with van der Waals surface area (Å²) in [6.07, 6.45) is 1.75. The van der Waals surface area contributed by atoms with E-state index in [-0.39, 0.29) is 5.91 Å². The van der Waals surface area contributed by atoms with Gasteiger partial charge in [-0.25, -0.2) is 0 Å². The molecule has 0 radical (unpaired) electrons. The summed E-state index contributed by atoms with van der Waals surface area (Å²) < 4.78 is 0.885. The maximum Gasteiger partial charge on any atom is 0.267 e. The molecule has 0 aromatic carbocycles. The van der Waals surface area contributed by atoms with Crippen LogP contribution in [0.3, 0.4) is 0 Å². The lowest BCUT2D eigenvalue weighted by molar-refractivity contribution is 0.0930. The number of aromatic nitrogens is 1. The summed E-state index contributed by atoms with van der Waals surface area (Å²) in [5.41, 5.74) is 0.582. The van der Waals surface area contributed by atoms with Gasteiger partial charge in [0.15, 0.2) is 0 Å². The van der Waals surface area contributed by atoms with E-state index in [1.807, 2.05) is 14.1 Å². The number of nitrogens with one attached hydrogen (secondary N) is 2. The van der Waals surface area contributed by atoms with E-state index in [1.165, 1.54) is 0 Å². The van der Waals surface area contributed by atoms with E-state index in [1.54, 1.807) is 12.3 Å². The Morgan fingerprint density at radius 1 is 1.53 bits per heavy atom. The van der Waals surface area contributed by atoms with E-state index in [2.05, 4.69) is 45.0 Å². The van der Waals surface area contributed by atoms with Crippen molar-refractivity contribution in [2.45, 2.75) is 19.9 Å². The van der Waals surface area contributed by atoms with Gasteiger partial charge in [0, 0.05) is 23.3 Å². The van der Waals surface area contributed by atoms with Crippen molar-refractivity contribution in [1.29, 1.82) is 0 Å². The van der Waals surface area contributed by atoms with Gasteiger partial charge >= 0.3 is 0 Å². The molecule has 1 aromatic heterocycles. The molecule has 0 fully saturated rings. The maximum absolute atomic E-state index is 11.8. The van der Waals surface area contributed by atoms with Crippen molar-refractivity contribution in [3.63, 3.8) is 0 Å². The molecular weight excluding hydrogens is 282 g/mol. The van der Waals surface area contributed by atoms with Crippen LogP contribution in [0.25, 0.3) is 0 Å². The molecule has 4 nitrogen and oxygen atoms in total. The fourth-order valence-electron chi connectivity index (χ4n) is 1.81. The van der Waals surface area contributed by atoms with Gasteiger partial charge in [-0.2, -0.15) is 0 Å². The Kier molecular flexibility index (Phi) is 5.21. The molecule has 96 valence electrons. The summed E-state index contributed by atoms with van der Waals surface area (Å²) in [5, 5.41) is 2.94. The molecule has 0 saturated carbocycles. The number of carbonyl (C=O) groups excluding carboxylic acids is 1. The van der Waals surface area contributed by atoms with Gasteiger partial charge in [0.1, 0.15) is 5.69 Å². The molecule has 1 heterocycles. The molecule has 0 bridgehead atoms. The van der Waals surface area contributed by atoms with E-state index in [4.69, 9.17) is 0 Å². The van der Waals surface area contributed by atoms with E-state index in [0.717, 1.165) is 4.47 Å². The molecule has 1 unspecified atom stereocenters. The Hall–Kier alpha value is -0.810. The molecule has 1 atom stereocenters. The van der Waals surface area contributed by atoms with Crippen LogP contribution < -0.4 is 5.32 Å². The molecule has 1 rings (SSSR count). The van der Waals surface area contributed by atoms with Crippen molar-refractivity contribution in [2.24, 2.45) is 5.92 Å². The molecule has 17 heavy (non-hydrogen) atoms. The summed E-state index contributed by atoms with van der Waals surface area (Å²) in [6.45, 7) is 4.96. The summed E-state index contributed by atoms with van der Waals surface area (Å²) in [7, 11) is 4.06. The van der Waals surface area contributed by atoms with Gasteiger partial charge in [0.05, 0.1) is 0 Å². The van der Waals surface area contributed by atoms with E-state index in [9.17, 15) is 4.79 Å². The van der Waals surface area contributed by atoms with Gasteiger partial charge in [-0.1, -0.05) is 13.8 Å². The Balaban J connectivity index is 2.52. The van der Waals surface area contributed by atoms with Crippen LogP contribution in [0.1, 0.15) is 24.3 Å². The van der Waals surface area contributed by atoms with Crippen molar-refractivity contribution in [3.8, 4) is 0 Å². The monoisotopic (exact) mass is 301 g/mol. The van der Waals surface area contributed by atoms with Crippen molar-refractivity contribution in [2.75, 3.05) is 20.6 Å². The van der Waals surface area contributed by atoms with E-state index in [0.29, 0.717) is 24.2 Å². The Bertz CT molecular complexity index is 366. The van der Waals surface area contributed by atoms with Crippen LogP contribution >= 0.6 is 15.9 Å². The number of carbonyl (C=O) groups is 1. The van der Waals surface area contributed by atoms with Crippen molar-refractivity contribution >= 4 is 21.8 Å². The third kappa shape index (κ3) is 4.16. The number of H-pyrrole nitrogens is 1. The van der Waals surface area contributed by atoms with Gasteiger partial charge in [0.2, 0.25) is 0 Å². The third-order valence-electron chi connectivity index (χ3n) is 2.80. The molecule has 1 amide bonds. The summed E-state index contributed by atoms with van der Waals surface area (Å²) in [4.78, 5) is 16.9. The number of hydrogen-bond donors (Lipinski definition) is 2. The van der Waals surface area contributed by atoms with Crippen LogP contribution in [0.5, 0.6) is 0 Å². The molecule has 1 aromatic rings. The zero-order chi connectivity index (χ0) is 13.0. The number of likely N-dealkylation sites (N-methyl/N-ethyl adjacent to an activating group) is 1. The largest absolute Gasteiger partial charge is 0.356 e. The van der Waals surface area contributed by atoms with Gasteiger partial charge in [0.25, 0.3) is 5.91 Å². The molecule has 5 heteroatoms. The standard InChI is InChI=1S/C12H20BrN3O/c1-8(2)11(16(3)4)7-15-12(17)10-5-9(13)6-14-10/h5-6,8,11,14H,7H2,1-4H3,(H,15,17). The second-order valence-electron chi connectivity index (χ2n) is 4.72. The topological polar surface area (TPSA) is 48.1 Å². The highest BCUT2D eigenvalue weighted by atomic mass is 79.9. The van der Waals surface area contributed by atoms with Gasteiger partial charge in [-0.05, 0) is 42.0 Å². The number of rotatable bonds is 5. The van der Waals surface area contributed by atoms with E-state index < -0.39 is 0 Å². The Morgan fingerprint density at radius 3 is 2.59 bits per heavy atom. The zero-order valence-electron chi connectivity index (χ0n) is 10.7. The second-order valence-corrected chi connectivity index (χ2v) is 5.63. The average Bonchev–Trinajstić information content (AvgIpc) is 2.63. The van der Waals surface area contributed by atoms with Crippen LogP contribution in [0.4, 0.5) is 0 Å². The van der Waals surface area contributed by atoms with Crippen LogP contribution in [0.2, 0.25) is 0 Å². The van der Waals surface area contributed by atoms with Crippen molar-refractivity contribution in [3.05, 3.63) is 22.4 Å². The van der Waals surface area contributed by atoms with Crippen LogP contribution in [-0.2, 0) is 0 Å². The number of aromatic amines is 1. The number of hydrogen-bond acceptors (Lipinski definition) is 2. The van der Waals surface area contributed by atoms with Crippen LogP contribution in [0, 0.1) is 5.92 Å². The number of nitrogens with zero attached hydrogens (tertiary/aromatic N) is 1. The molecule has 0 saturated heterocycles. The Morgan fingerprint density at radius 2 is 2.18 bits per heavy atom.